The van der Waals surface area contributed by atoms with Crippen LogP contribution < -0.4 is 4.18 Å². The predicted octanol–water partition coefficient (Wildman–Crippen LogP) is 3.19. The Kier molecular flexibility index (Phi) is 4.06. The highest BCUT2D eigenvalue weighted by Gasteiger charge is 2.15. The first-order chi connectivity index (χ1) is 10.6. The van der Waals surface area contributed by atoms with Crippen LogP contribution in [0.2, 0.25) is 0 Å². The molecule has 0 radical (unpaired) electrons. The van der Waals surface area contributed by atoms with Crippen LogP contribution in [0.4, 0.5) is 0 Å². The maximum Gasteiger partial charge on any atom is 0.309 e. The molecule has 0 N–H and O–H groups in total. The molecule has 5 heteroatoms. The third-order valence-corrected chi connectivity index (χ3v) is 4.44. The van der Waals surface area contributed by atoms with Gasteiger partial charge >= 0.3 is 10.1 Å². The van der Waals surface area contributed by atoms with Gasteiger partial charge in [0.15, 0.2) is 0 Å². The van der Waals surface area contributed by atoms with Gasteiger partial charge in [0.2, 0.25) is 0 Å². The molecule has 0 aliphatic carbocycles. The predicted molar refractivity (Wildman–Crippen MR) is 86.3 cm³/mol. The van der Waals surface area contributed by atoms with E-state index in [-0.39, 0.29) is 5.75 Å². The van der Waals surface area contributed by atoms with Gasteiger partial charge in [0.25, 0.3) is 0 Å². The van der Waals surface area contributed by atoms with E-state index >= 15 is 0 Å². The first-order valence-corrected chi connectivity index (χ1v) is 8.52. The van der Waals surface area contributed by atoms with Crippen LogP contribution in [-0.2, 0) is 16.5 Å². The third-order valence-electron chi connectivity index (χ3n) is 3.30. The van der Waals surface area contributed by atoms with E-state index in [2.05, 4.69) is 4.98 Å². The molecule has 1 heterocycles. The smallest absolute Gasteiger partial charge is 0.309 e. The van der Waals surface area contributed by atoms with E-state index in [0.29, 0.717) is 12.2 Å². The summed E-state index contributed by atoms with van der Waals surface area (Å²) in [5.41, 5.74) is 0.729. The number of nitrogens with zero attached hydrogens (tertiary/aromatic N) is 1. The molecule has 0 unspecified atom stereocenters. The van der Waals surface area contributed by atoms with Crippen molar-refractivity contribution in [3.05, 3.63) is 72.6 Å². The number of rotatable bonds is 5. The highest BCUT2D eigenvalue weighted by molar-refractivity contribution is 7.87. The Bertz CT molecular complexity index is 871. The third kappa shape index (κ3) is 3.43. The Morgan fingerprint density at radius 1 is 0.909 bits per heavy atom. The molecule has 0 saturated carbocycles. The molecule has 112 valence electrons. The van der Waals surface area contributed by atoms with Gasteiger partial charge in [-0.15, -0.1) is 0 Å². The molecule has 0 fully saturated rings. The molecule has 3 rings (SSSR count). The molecule has 0 bridgehead atoms. The lowest BCUT2D eigenvalue weighted by Gasteiger charge is -2.09. The van der Waals surface area contributed by atoms with Crippen LogP contribution in [0.3, 0.4) is 0 Å². The van der Waals surface area contributed by atoms with E-state index in [1.807, 2.05) is 36.4 Å². The van der Waals surface area contributed by atoms with Gasteiger partial charge in [-0.1, -0.05) is 42.5 Å². The zero-order valence-corrected chi connectivity index (χ0v) is 12.7. The second-order valence-electron chi connectivity index (χ2n) is 4.89. The normalized spacial score (nSPS) is 11.5. The van der Waals surface area contributed by atoms with Gasteiger partial charge in [-0.05, 0) is 23.6 Å². The van der Waals surface area contributed by atoms with E-state index < -0.39 is 10.1 Å². The highest BCUT2D eigenvalue weighted by atomic mass is 32.2. The van der Waals surface area contributed by atoms with Gasteiger partial charge in [-0.3, -0.25) is 4.98 Å². The number of pyridine rings is 1. The van der Waals surface area contributed by atoms with Crippen LogP contribution in [0.5, 0.6) is 5.75 Å². The quantitative estimate of drug-likeness (QED) is 0.679. The summed E-state index contributed by atoms with van der Waals surface area (Å²) in [5, 5.41) is 1.73. The minimum Gasteiger partial charge on any atom is -0.382 e. The molecule has 0 amide bonds. The van der Waals surface area contributed by atoms with Crippen molar-refractivity contribution in [2.24, 2.45) is 0 Å². The summed E-state index contributed by atoms with van der Waals surface area (Å²) in [6, 6.07) is 18.3. The van der Waals surface area contributed by atoms with E-state index in [1.165, 1.54) is 0 Å². The van der Waals surface area contributed by atoms with Gasteiger partial charge in [0.1, 0.15) is 5.75 Å². The second-order valence-corrected chi connectivity index (χ2v) is 6.58. The molecule has 22 heavy (non-hydrogen) atoms. The number of aromatic nitrogens is 1. The Balaban J connectivity index is 1.78. The molecular formula is C17H15NO3S. The van der Waals surface area contributed by atoms with Crippen molar-refractivity contribution in [2.45, 2.75) is 6.42 Å². The Hall–Kier alpha value is -2.40. The van der Waals surface area contributed by atoms with Crippen molar-refractivity contribution in [2.75, 3.05) is 5.75 Å². The summed E-state index contributed by atoms with van der Waals surface area (Å²) in [4.78, 5) is 4.12. The molecule has 0 aliphatic heterocycles. The summed E-state index contributed by atoms with van der Waals surface area (Å²) < 4.78 is 29.6. The summed E-state index contributed by atoms with van der Waals surface area (Å²) in [6.07, 6.45) is 1.97. The molecule has 0 atom stereocenters. The van der Waals surface area contributed by atoms with E-state index in [9.17, 15) is 8.42 Å². The minimum atomic E-state index is -3.66. The minimum absolute atomic E-state index is 0.104. The van der Waals surface area contributed by atoms with Crippen LogP contribution >= 0.6 is 0 Å². The van der Waals surface area contributed by atoms with E-state index in [4.69, 9.17) is 4.18 Å². The van der Waals surface area contributed by atoms with Crippen molar-refractivity contribution >= 4 is 20.9 Å². The number of fused-ring (bicyclic) bond motifs is 1. The van der Waals surface area contributed by atoms with Crippen molar-refractivity contribution < 1.29 is 12.6 Å². The SMILES string of the molecule is O=S(=O)(CCc1ccccn1)Oc1cccc2ccccc12. The molecular weight excluding hydrogens is 298 g/mol. The fraction of sp³-hybridized carbons (Fsp3) is 0.118. The topological polar surface area (TPSA) is 56.3 Å². The first-order valence-electron chi connectivity index (χ1n) is 6.94. The summed E-state index contributed by atoms with van der Waals surface area (Å²) in [5.74, 6) is 0.256. The Labute approximate surface area is 129 Å². The van der Waals surface area contributed by atoms with Crippen molar-refractivity contribution in [1.82, 2.24) is 4.98 Å². The van der Waals surface area contributed by atoms with Crippen LogP contribution in [0.1, 0.15) is 5.69 Å². The largest absolute Gasteiger partial charge is 0.382 e. The number of hydrogen-bond donors (Lipinski definition) is 0. The maximum atomic E-state index is 12.2. The first kappa shape index (κ1) is 14.5. The average Bonchev–Trinajstić information content (AvgIpc) is 2.54. The Morgan fingerprint density at radius 3 is 2.50 bits per heavy atom. The van der Waals surface area contributed by atoms with Gasteiger partial charge in [-0.2, -0.15) is 8.42 Å². The lowest BCUT2D eigenvalue weighted by molar-refractivity contribution is 0.488. The fourth-order valence-electron chi connectivity index (χ4n) is 2.22. The zero-order chi connectivity index (χ0) is 15.4. The standard InChI is InChI=1S/C17H15NO3S/c19-22(20,13-11-15-8-3-4-12-18-15)21-17-10-5-7-14-6-1-2-9-16(14)17/h1-10,12H,11,13H2. The maximum absolute atomic E-state index is 12.2. The van der Waals surface area contributed by atoms with Gasteiger partial charge < -0.3 is 4.18 Å². The van der Waals surface area contributed by atoms with Crippen molar-refractivity contribution in [3.8, 4) is 5.75 Å². The zero-order valence-electron chi connectivity index (χ0n) is 11.8. The van der Waals surface area contributed by atoms with Crippen LogP contribution in [0, 0.1) is 0 Å². The van der Waals surface area contributed by atoms with Gasteiger partial charge in [0.05, 0.1) is 5.75 Å². The fourth-order valence-corrected chi connectivity index (χ4v) is 3.18. The van der Waals surface area contributed by atoms with Crippen molar-refractivity contribution in [3.63, 3.8) is 0 Å². The summed E-state index contributed by atoms with van der Waals surface area (Å²) in [6.45, 7) is 0. The molecule has 1 aromatic heterocycles. The number of benzene rings is 2. The van der Waals surface area contributed by atoms with E-state index in [1.54, 1.807) is 30.5 Å². The molecule has 0 saturated heterocycles. The monoisotopic (exact) mass is 313 g/mol. The van der Waals surface area contributed by atoms with Gasteiger partial charge in [0, 0.05) is 23.7 Å². The van der Waals surface area contributed by atoms with E-state index in [0.717, 1.165) is 16.5 Å². The molecule has 4 nitrogen and oxygen atoms in total. The lowest BCUT2D eigenvalue weighted by atomic mass is 10.1. The average molecular weight is 313 g/mol. The highest BCUT2D eigenvalue weighted by Crippen LogP contribution is 2.26. The summed E-state index contributed by atoms with van der Waals surface area (Å²) in [7, 11) is -3.66. The summed E-state index contributed by atoms with van der Waals surface area (Å²) >= 11 is 0. The number of aryl methyl sites for hydroxylation is 1. The van der Waals surface area contributed by atoms with Crippen LogP contribution in [-0.4, -0.2) is 19.2 Å². The van der Waals surface area contributed by atoms with Crippen molar-refractivity contribution in [1.29, 1.82) is 0 Å². The molecule has 0 spiro atoms. The van der Waals surface area contributed by atoms with Crippen LogP contribution in [0.15, 0.2) is 66.9 Å². The van der Waals surface area contributed by atoms with Crippen LogP contribution in [0.25, 0.3) is 10.8 Å². The number of hydrogen-bond acceptors (Lipinski definition) is 4. The Morgan fingerprint density at radius 2 is 1.68 bits per heavy atom. The lowest BCUT2D eigenvalue weighted by Crippen LogP contribution is -2.16. The molecule has 0 aliphatic rings. The molecule has 2 aromatic carbocycles. The van der Waals surface area contributed by atoms with Gasteiger partial charge in [-0.25, -0.2) is 0 Å². The second kappa shape index (κ2) is 6.15. The molecule has 3 aromatic rings.